The fraction of sp³-hybridized carbons (Fsp3) is 0.600. The molecule has 0 saturated heterocycles. The van der Waals surface area contributed by atoms with Crippen molar-refractivity contribution < 1.29 is 64.3 Å². The van der Waals surface area contributed by atoms with Crippen molar-refractivity contribution in [1.29, 1.82) is 0 Å². The van der Waals surface area contributed by atoms with Gasteiger partial charge in [-0.2, -0.15) is 0 Å². The van der Waals surface area contributed by atoms with Crippen LogP contribution >= 0.6 is 0 Å². The molecule has 0 aromatic carbocycles. The number of halogens is 3. The zero-order valence-electron chi connectivity index (χ0n) is 6.28. The molecule has 54 valence electrons. The van der Waals surface area contributed by atoms with Crippen LogP contribution in [0, 0.1) is 0 Å². The third kappa shape index (κ3) is 5.98. The number of allylic oxidation sites excluding steroid dienone is 1. The standard InChI is InChI=1S/C5H9BF3.K/c1-3-4-5(2)6(7,8)9;/h3,5H,1,4H2,2H3;/q-1;+1. The van der Waals surface area contributed by atoms with Crippen LogP contribution < -0.4 is 51.4 Å². The summed E-state index contributed by atoms with van der Waals surface area (Å²) < 4.78 is 35.0. The topological polar surface area (TPSA) is 0 Å². The Labute approximate surface area is 102 Å². The molecule has 1 unspecified atom stereocenters. The summed E-state index contributed by atoms with van der Waals surface area (Å²) in [6.07, 6.45) is 1.32. The third-order valence-corrected chi connectivity index (χ3v) is 1.18. The van der Waals surface area contributed by atoms with Gasteiger partial charge < -0.3 is 12.9 Å². The van der Waals surface area contributed by atoms with Crippen LogP contribution in [0.3, 0.4) is 0 Å². The molecule has 0 bridgehead atoms. The Morgan fingerprint density at radius 1 is 1.50 bits per heavy atom. The van der Waals surface area contributed by atoms with Gasteiger partial charge in [0.15, 0.2) is 0 Å². The van der Waals surface area contributed by atoms with Gasteiger partial charge in [-0.15, -0.1) is 6.58 Å². The van der Waals surface area contributed by atoms with E-state index >= 15 is 0 Å². The molecular weight excluding hydrogens is 167 g/mol. The molecule has 0 saturated carbocycles. The molecule has 0 rings (SSSR count). The number of hydrogen-bond acceptors (Lipinski definition) is 0. The van der Waals surface area contributed by atoms with Crippen LogP contribution in [0.25, 0.3) is 0 Å². The van der Waals surface area contributed by atoms with E-state index in [2.05, 4.69) is 6.58 Å². The molecule has 0 fully saturated rings. The Kier molecular flexibility index (Phi) is 8.04. The van der Waals surface area contributed by atoms with Crippen LogP contribution in [0.2, 0.25) is 5.82 Å². The van der Waals surface area contributed by atoms with Crippen LogP contribution in [-0.2, 0) is 0 Å². The molecule has 1 atom stereocenters. The smallest absolute Gasteiger partial charge is 0.449 e. The Bertz CT molecular complexity index is 102. The van der Waals surface area contributed by atoms with E-state index in [1.54, 1.807) is 0 Å². The second-order valence-electron chi connectivity index (χ2n) is 2.13. The average molecular weight is 176 g/mol. The molecule has 10 heavy (non-hydrogen) atoms. The predicted octanol–water partition coefficient (Wildman–Crippen LogP) is -0.196. The molecule has 0 aliphatic heterocycles. The first kappa shape index (κ1) is 13.8. The van der Waals surface area contributed by atoms with Gasteiger partial charge in [-0.05, 0) is 0 Å². The minimum absolute atomic E-state index is 0. The van der Waals surface area contributed by atoms with Crippen molar-refractivity contribution in [3.8, 4) is 0 Å². The maximum Gasteiger partial charge on any atom is 1.00 e. The van der Waals surface area contributed by atoms with E-state index in [9.17, 15) is 12.9 Å². The zero-order chi connectivity index (χ0) is 7.49. The first-order valence-corrected chi connectivity index (χ1v) is 2.79. The molecule has 0 aromatic rings. The van der Waals surface area contributed by atoms with Crippen LogP contribution in [0.5, 0.6) is 0 Å². The van der Waals surface area contributed by atoms with E-state index in [0.717, 1.165) is 0 Å². The first-order chi connectivity index (χ1) is 3.98. The monoisotopic (exact) mass is 176 g/mol. The molecule has 0 N–H and O–H groups in total. The average Bonchev–Trinajstić information content (AvgIpc) is 1.64. The summed E-state index contributed by atoms with van der Waals surface area (Å²) in [7, 11) is 0. The maximum atomic E-state index is 11.7. The Morgan fingerprint density at radius 2 is 1.90 bits per heavy atom. The van der Waals surface area contributed by atoms with E-state index in [1.165, 1.54) is 13.0 Å². The molecule has 0 aromatic heterocycles. The van der Waals surface area contributed by atoms with Gasteiger partial charge in [0.2, 0.25) is 0 Å². The van der Waals surface area contributed by atoms with E-state index in [4.69, 9.17) is 0 Å². The Balaban J connectivity index is 0. The van der Waals surface area contributed by atoms with Gasteiger partial charge in [-0.3, -0.25) is 0 Å². The summed E-state index contributed by atoms with van der Waals surface area (Å²) in [5, 5.41) is 0. The second kappa shape index (κ2) is 5.83. The first-order valence-electron chi connectivity index (χ1n) is 2.79. The molecule has 0 aliphatic carbocycles. The normalized spacial score (nSPS) is 13.6. The molecule has 0 spiro atoms. The van der Waals surface area contributed by atoms with E-state index in [0.29, 0.717) is 0 Å². The second-order valence-corrected chi connectivity index (χ2v) is 2.13. The summed E-state index contributed by atoms with van der Waals surface area (Å²) in [5.41, 5.74) is 0. The van der Waals surface area contributed by atoms with Gasteiger partial charge in [-0.25, -0.2) is 0 Å². The summed E-state index contributed by atoms with van der Waals surface area (Å²) in [5.74, 6) is -1.19. The van der Waals surface area contributed by atoms with Crippen molar-refractivity contribution >= 4 is 6.98 Å². The Morgan fingerprint density at radius 3 is 2.00 bits per heavy atom. The van der Waals surface area contributed by atoms with Crippen molar-refractivity contribution in [2.45, 2.75) is 19.2 Å². The molecule has 0 radical (unpaired) electrons. The zero-order valence-corrected chi connectivity index (χ0v) is 9.40. The van der Waals surface area contributed by atoms with Gasteiger partial charge in [0.25, 0.3) is 0 Å². The molecule has 5 heteroatoms. The summed E-state index contributed by atoms with van der Waals surface area (Å²) >= 11 is 0. The van der Waals surface area contributed by atoms with Crippen LogP contribution in [0.15, 0.2) is 12.7 Å². The van der Waals surface area contributed by atoms with Crippen LogP contribution in [-0.4, -0.2) is 6.98 Å². The van der Waals surface area contributed by atoms with Crippen LogP contribution in [0.1, 0.15) is 13.3 Å². The molecular formula is C5H9BF3K. The van der Waals surface area contributed by atoms with Crippen molar-refractivity contribution in [3.05, 3.63) is 12.7 Å². The minimum Gasteiger partial charge on any atom is -0.449 e. The fourth-order valence-electron chi connectivity index (χ4n) is 0.417. The quantitative estimate of drug-likeness (QED) is 0.412. The van der Waals surface area contributed by atoms with Gasteiger partial charge in [0, 0.05) is 0 Å². The van der Waals surface area contributed by atoms with Gasteiger partial charge in [-0.1, -0.05) is 25.2 Å². The van der Waals surface area contributed by atoms with E-state index in [-0.39, 0.29) is 57.8 Å². The Hall–Kier alpha value is 1.23. The summed E-state index contributed by atoms with van der Waals surface area (Å²) in [6, 6.07) is 0. The van der Waals surface area contributed by atoms with Crippen molar-refractivity contribution in [1.82, 2.24) is 0 Å². The minimum atomic E-state index is -4.64. The van der Waals surface area contributed by atoms with Gasteiger partial charge in [0.1, 0.15) is 0 Å². The van der Waals surface area contributed by atoms with E-state index in [1.807, 2.05) is 0 Å². The third-order valence-electron chi connectivity index (χ3n) is 1.18. The predicted molar refractivity (Wildman–Crippen MR) is 33.3 cm³/mol. The molecule has 0 heterocycles. The number of hydrogen-bond donors (Lipinski definition) is 0. The summed E-state index contributed by atoms with van der Waals surface area (Å²) in [4.78, 5) is 0. The SMILES string of the molecule is C=CCC(C)[B-](F)(F)F.[K+]. The molecule has 0 amide bonds. The van der Waals surface area contributed by atoms with Gasteiger partial charge in [0.05, 0.1) is 0 Å². The van der Waals surface area contributed by atoms with Crippen LogP contribution in [0.4, 0.5) is 12.9 Å². The summed E-state index contributed by atoms with van der Waals surface area (Å²) in [6.45, 7) is -0.250. The largest absolute Gasteiger partial charge is 1.00 e. The van der Waals surface area contributed by atoms with Crippen molar-refractivity contribution in [3.63, 3.8) is 0 Å². The number of rotatable bonds is 3. The van der Waals surface area contributed by atoms with Crippen molar-refractivity contribution in [2.24, 2.45) is 0 Å². The maximum absolute atomic E-state index is 11.7. The van der Waals surface area contributed by atoms with E-state index < -0.39 is 12.8 Å². The van der Waals surface area contributed by atoms with Crippen molar-refractivity contribution in [2.75, 3.05) is 0 Å². The fourth-order valence-corrected chi connectivity index (χ4v) is 0.417. The van der Waals surface area contributed by atoms with Gasteiger partial charge >= 0.3 is 58.4 Å². The molecule has 0 nitrogen and oxygen atoms in total. The molecule has 0 aliphatic rings.